The molecule has 0 aliphatic rings. The molecule has 0 atom stereocenters. The fraction of sp³-hybridized carbons (Fsp3) is 0.556. The van der Waals surface area contributed by atoms with Gasteiger partial charge in [0.25, 0.3) is 0 Å². The molecule has 0 fully saturated rings. The van der Waals surface area contributed by atoms with Gasteiger partial charge in [-0.05, 0) is 30.5 Å². The average Bonchev–Trinajstić information content (AvgIpc) is 2.50. The molecule has 0 heterocycles. The Bertz CT molecular complexity index is 501. The van der Waals surface area contributed by atoms with Gasteiger partial charge in [-0.15, -0.1) is 0 Å². The molecule has 0 amide bonds. The third-order valence-electron chi connectivity index (χ3n) is 3.79. The van der Waals surface area contributed by atoms with Crippen molar-refractivity contribution in [2.24, 2.45) is 0 Å². The summed E-state index contributed by atoms with van der Waals surface area (Å²) >= 11 is 0. The minimum absolute atomic E-state index is 0.331. The summed E-state index contributed by atoms with van der Waals surface area (Å²) in [7, 11) is -3.29. The maximum Gasteiger partial charge on any atom is 0.199 e. The molecule has 0 N–H and O–H groups in total. The highest BCUT2D eigenvalue weighted by molar-refractivity contribution is 7.94. The van der Waals surface area contributed by atoms with Crippen LogP contribution < -0.4 is 0 Å². The Morgan fingerprint density at radius 2 is 1.43 bits per heavy atom. The first kappa shape index (κ1) is 18.0. The molecule has 118 valence electrons. The van der Waals surface area contributed by atoms with Gasteiger partial charge in [-0.25, -0.2) is 8.42 Å². The molecule has 0 unspecified atom stereocenters. The van der Waals surface area contributed by atoms with E-state index in [-0.39, 0.29) is 0 Å². The van der Waals surface area contributed by atoms with Crippen LogP contribution in [-0.2, 0) is 16.3 Å². The number of benzene rings is 1. The predicted molar refractivity (Wildman–Crippen MR) is 90.1 cm³/mol. The van der Waals surface area contributed by atoms with E-state index in [4.69, 9.17) is 0 Å². The topological polar surface area (TPSA) is 34.1 Å². The molecular weight excluding hydrogens is 280 g/mol. The van der Waals surface area contributed by atoms with E-state index in [2.05, 4.69) is 13.5 Å². The van der Waals surface area contributed by atoms with Gasteiger partial charge in [0, 0.05) is 5.41 Å². The van der Waals surface area contributed by atoms with E-state index in [1.807, 2.05) is 12.1 Å². The summed E-state index contributed by atoms with van der Waals surface area (Å²) in [4.78, 5) is 0.331. The smallest absolute Gasteiger partial charge is 0.199 e. The second kappa shape index (κ2) is 9.78. The average molecular weight is 308 g/mol. The third-order valence-corrected chi connectivity index (χ3v) is 5.16. The summed E-state index contributed by atoms with van der Waals surface area (Å²) < 4.78 is 23.2. The fourth-order valence-corrected chi connectivity index (χ4v) is 3.11. The van der Waals surface area contributed by atoms with Crippen LogP contribution in [0, 0.1) is 0 Å². The van der Waals surface area contributed by atoms with Gasteiger partial charge in [-0.3, -0.25) is 0 Å². The van der Waals surface area contributed by atoms with Crippen LogP contribution in [0.15, 0.2) is 41.1 Å². The minimum Gasteiger partial charge on any atom is -0.219 e. The Labute approximate surface area is 130 Å². The summed E-state index contributed by atoms with van der Waals surface area (Å²) in [5, 5.41) is 1.00. The van der Waals surface area contributed by atoms with E-state index in [1.165, 1.54) is 56.9 Å². The summed E-state index contributed by atoms with van der Waals surface area (Å²) in [6.07, 6.45) is 11.5. The zero-order valence-corrected chi connectivity index (χ0v) is 14.0. The highest BCUT2D eigenvalue weighted by atomic mass is 32.2. The van der Waals surface area contributed by atoms with Crippen molar-refractivity contribution in [2.75, 3.05) is 0 Å². The number of sulfone groups is 1. The minimum atomic E-state index is -3.29. The van der Waals surface area contributed by atoms with Gasteiger partial charge >= 0.3 is 0 Å². The molecule has 1 rings (SSSR count). The van der Waals surface area contributed by atoms with Crippen LogP contribution in [0.4, 0.5) is 0 Å². The van der Waals surface area contributed by atoms with Gasteiger partial charge in [0.2, 0.25) is 0 Å². The largest absolute Gasteiger partial charge is 0.219 e. The third kappa shape index (κ3) is 6.94. The molecule has 0 radical (unpaired) electrons. The lowest BCUT2D eigenvalue weighted by Crippen LogP contribution is -1.96. The van der Waals surface area contributed by atoms with Crippen molar-refractivity contribution >= 4 is 9.84 Å². The molecule has 0 spiro atoms. The Balaban J connectivity index is 2.23. The number of unbranched alkanes of at least 4 members (excludes halogenated alkanes) is 7. The molecule has 0 aliphatic carbocycles. The summed E-state index contributed by atoms with van der Waals surface area (Å²) in [5.74, 6) is 0. The van der Waals surface area contributed by atoms with E-state index in [9.17, 15) is 8.42 Å². The second-order valence-electron chi connectivity index (χ2n) is 5.58. The van der Waals surface area contributed by atoms with Crippen LogP contribution in [0.2, 0.25) is 0 Å². The standard InChI is InChI=1S/C18H28O2S/c1-3-5-6-7-8-9-10-11-12-17-13-15-18(16-14-17)21(19,20)4-2/h4,13-16H,2-3,5-12H2,1H3. The molecule has 1 aromatic rings. The molecule has 21 heavy (non-hydrogen) atoms. The van der Waals surface area contributed by atoms with Crippen molar-refractivity contribution in [2.45, 2.75) is 69.6 Å². The highest BCUT2D eigenvalue weighted by Gasteiger charge is 2.08. The van der Waals surface area contributed by atoms with Gasteiger partial charge in [0.1, 0.15) is 0 Å². The van der Waals surface area contributed by atoms with Gasteiger partial charge in [0.15, 0.2) is 9.84 Å². The van der Waals surface area contributed by atoms with Gasteiger partial charge in [0.05, 0.1) is 4.90 Å². The van der Waals surface area contributed by atoms with Crippen molar-refractivity contribution in [3.8, 4) is 0 Å². The summed E-state index contributed by atoms with van der Waals surface area (Å²) in [6, 6.07) is 7.18. The van der Waals surface area contributed by atoms with Crippen molar-refractivity contribution in [1.82, 2.24) is 0 Å². The predicted octanol–water partition coefficient (Wildman–Crippen LogP) is 5.29. The van der Waals surface area contributed by atoms with Crippen molar-refractivity contribution in [3.05, 3.63) is 41.8 Å². The Morgan fingerprint density at radius 1 is 0.905 bits per heavy atom. The molecule has 0 bridgehead atoms. The number of aryl methyl sites for hydroxylation is 1. The highest BCUT2D eigenvalue weighted by Crippen LogP contribution is 2.15. The van der Waals surface area contributed by atoms with Crippen LogP contribution in [0.25, 0.3) is 0 Å². The van der Waals surface area contributed by atoms with Gasteiger partial charge in [-0.2, -0.15) is 0 Å². The van der Waals surface area contributed by atoms with Crippen LogP contribution >= 0.6 is 0 Å². The van der Waals surface area contributed by atoms with Crippen LogP contribution in [-0.4, -0.2) is 8.42 Å². The van der Waals surface area contributed by atoms with Crippen molar-refractivity contribution in [3.63, 3.8) is 0 Å². The number of rotatable bonds is 11. The van der Waals surface area contributed by atoms with E-state index in [1.54, 1.807) is 12.1 Å². The molecule has 1 aromatic carbocycles. The van der Waals surface area contributed by atoms with E-state index in [0.29, 0.717) is 4.90 Å². The SMILES string of the molecule is C=CS(=O)(=O)c1ccc(CCCCCCCCCC)cc1. The first-order valence-corrected chi connectivity index (χ1v) is 9.61. The molecule has 3 heteroatoms. The van der Waals surface area contributed by atoms with Crippen molar-refractivity contribution < 1.29 is 8.42 Å². The van der Waals surface area contributed by atoms with Gasteiger partial charge < -0.3 is 0 Å². The van der Waals surface area contributed by atoms with E-state index < -0.39 is 9.84 Å². The molecular formula is C18H28O2S. The van der Waals surface area contributed by atoms with Crippen molar-refractivity contribution in [1.29, 1.82) is 0 Å². The van der Waals surface area contributed by atoms with Crippen LogP contribution in [0.1, 0.15) is 63.9 Å². The van der Waals surface area contributed by atoms with Gasteiger partial charge in [-0.1, -0.05) is 70.6 Å². The first-order valence-electron chi connectivity index (χ1n) is 8.06. The first-order chi connectivity index (χ1) is 10.1. The zero-order chi connectivity index (χ0) is 15.6. The quantitative estimate of drug-likeness (QED) is 0.521. The maximum absolute atomic E-state index is 11.6. The molecule has 0 saturated carbocycles. The normalized spacial score (nSPS) is 11.5. The fourth-order valence-electron chi connectivity index (χ4n) is 2.41. The number of hydrogen-bond donors (Lipinski definition) is 0. The molecule has 0 saturated heterocycles. The molecule has 2 nitrogen and oxygen atoms in total. The second-order valence-corrected chi connectivity index (χ2v) is 7.48. The zero-order valence-electron chi connectivity index (χ0n) is 13.2. The van der Waals surface area contributed by atoms with Crippen LogP contribution in [0.3, 0.4) is 0 Å². The lowest BCUT2D eigenvalue weighted by molar-refractivity contribution is 0.575. The maximum atomic E-state index is 11.6. The molecule has 0 aromatic heterocycles. The Hall–Kier alpha value is -1.09. The summed E-state index contributed by atoms with van der Waals surface area (Å²) in [6.45, 7) is 5.58. The molecule has 0 aliphatic heterocycles. The Kier molecular flexibility index (Phi) is 8.36. The van der Waals surface area contributed by atoms with Crippen LogP contribution in [0.5, 0.6) is 0 Å². The number of hydrogen-bond acceptors (Lipinski definition) is 2. The van der Waals surface area contributed by atoms with E-state index >= 15 is 0 Å². The van der Waals surface area contributed by atoms with E-state index in [0.717, 1.165) is 11.8 Å². The Morgan fingerprint density at radius 3 is 1.95 bits per heavy atom. The summed E-state index contributed by atoms with van der Waals surface area (Å²) in [5.41, 5.74) is 1.21. The lowest BCUT2D eigenvalue weighted by atomic mass is 10.0. The monoisotopic (exact) mass is 308 g/mol. The lowest BCUT2D eigenvalue weighted by Gasteiger charge is -2.04.